The van der Waals surface area contributed by atoms with Gasteiger partial charge in [-0.3, -0.25) is 4.79 Å². The van der Waals surface area contributed by atoms with Crippen molar-refractivity contribution in [2.75, 3.05) is 12.4 Å². The fraction of sp³-hybridized carbons (Fsp3) is 0.300. The van der Waals surface area contributed by atoms with Crippen molar-refractivity contribution in [3.8, 4) is 5.75 Å². The van der Waals surface area contributed by atoms with Crippen molar-refractivity contribution >= 4 is 32.8 Å². The second-order valence-corrected chi connectivity index (χ2v) is 4.83. The largest absolute Gasteiger partial charge is 0.493 e. The van der Waals surface area contributed by atoms with E-state index in [4.69, 9.17) is 4.74 Å². The zero-order valence-electron chi connectivity index (χ0n) is 7.83. The third-order valence-corrected chi connectivity index (χ3v) is 2.72. The van der Waals surface area contributed by atoms with Gasteiger partial charge < -0.3 is 4.74 Å². The Balaban J connectivity index is 2.28. The van der Waals surface area contributed by atoms with Crippen LogP contribution in [-0.2, 0) is 4.79 Å². The van der Waals surface area contributed by atoms with Crippen LogP contribution in [0, 0.1) is 0 Å². The molecule has 0 bridgehead atoms. The molecule has 76 valence electrons. The molecule has 0 amide bonds. The summed E-state index contributed by atoms with van der Waals surface area (Å²) in [7, 11) is 0. The Labute approximate surface area is 96.2 Å². The summed E-state index contributed by atoms with van der Waals surface area (Å²) in [6, 6.07) is 7.65. The van der Waals surface area contributed by atoms with E-state index < -0.39 is 0 Å². The van der Waals surface area contributed by atoms with Gasteiger partial charge in [0.05, 0.1) is 6.61 Å². The molecule has 4 heteroatoms. The van der Waals surface area contributed by atoms with E-state index in [-0.39, 0.29) is 5.12 Å². The molecule has 0 saturated carbocycles. The molecule has 0 saturated heterocycles. The number of benzene rings is 1. The van der Waals surface area contributed by atoms with E-state index in [1.807, 2.05) is 24.3 Å². The number of carbonyl (C=O) groups is 1. The Morgan fingerprint density at radius 3 is 3.00 bits per heavy atom. The van der Waals surface area contributed by atoms with Crippen molar-refractivity contribution in [2.24, 2.45) is 0 Å². The van der Waals surface area contributed by atoms with E-state index in [2.05, 4.69) is 15.9 Å². The predicted molar refractivity (Wildman–Crippen MR) is 62.8 cm³/mol. The first kappa shape index (κ1) is 11.6. The molecule has 14 heavy (non-hydrogen) atoms. The molecule has 0 spiro atoms. The SMILES string of the molecule is CC(=O)SCCOc1cccc(Br)c1. The second kappa shape index (κ2) is 6.09. The Morgan fingerprint density at radius 2 is 2.36 bits per heavy atom. The number of ether oxygens (including phenoxy) is 1. The highest BCUT2D eigenvalue weighted by molar-refractivity contribution is 9.10. The van der Waals surface area contributed by atoms with E-state index in [9.17, 15) is 4.79 Å². The van der Waals surface area contributed by atoms with Crippen LogP contribution >= 0.6 is 27.7 Å². The monoisotopic (exact) mass is 274 g/mol. The molecule has 0 fully saturated rings. The van der Waals surface area contributed by atoms with Gasteiger partial charge in [0, 0.05) is 17.1 Å². The van der Waals surface area contributed by atoms with Crippen LogP contribution in [0.1, 0.15) is 6.92 Å². The smallest absolute Gasteiger partial charge is 0.185 e. The van der Waals surface area contributed by atoms with Gasteiger partial charge in [-0.25, -0.2) is 0 Å². The molecule has 0 unspecified atom stereocenters. The van der Waals surface area contributed by atoms with Gasteiger partial charge in [0.1, 0.15) is 5.75 Å². The summed E-state index contributed by atoms with van der Waals surface area (Å²) in [5.41, 5.74) is 0. The van der Waals surface area contributed by atoms with E-state index in [0.29, 0.717) is 12.4 Å². The van der Waals surface area contributed by atoms with Crippen molar-refractivity contribution in [3.63, 3.8) is 0 Å². The molecule has 0 aliphatic carbocycles. The maximum atomic E-state index is 10.6. The summed E-state index contributed by atoms with van der Waals surface area (Å²) in [4.78, 5) is 10.6. The van der Waals surface area contributed by atoms with Crippen molar-refractivity contribution in [2.45, 2.75) is 6.92 Å². The molecule has 0 aromatic heterocycles. The average Bonchev–Trinajstić information content (AvgIpc) is 2.12. The molecule has 0 radical (unpaired) electrons. The number of hydrogen-bond donors (Lipinski definition) is 0. The molecule has 1 rings (SSSR count). The first-order chi connectivity index (χ1) is 6.68. The van der Waals surface area contributed by atoms with E-state index in [1.54, 1.807) is 6.92 Å². The molecule has 0 atom stereocenters. The molecule has 2 nitrogen and oxygen atoms in total. The van der Waals surface area contributed by atoms with E-state index in [1.165, 1.54) is 11.8 Å². The van der Waals surface area contributed by atoms with Crippen LogP contribution in [-0.4, -0.2) is 17.5 Å². The van der Waals surface area contributed by atoms with Crippen LogP contribution in [0.3, 0.4) is 0 Å². The zero-order chi connectivity index (χ0) is 10.4. The van der Waals surface area contributed by atoms with Gasteiger partial charge >= 0.3 is 0 Å². The third kappa shape index (κ3) is 4.67. The fourth-order valence-corrected chi connectivity index (χ4v) is 1.73. The summed E-state index contributed by atoms with van der Waals surface area (Å²) >= 11 is 4.63. The second-order valence-electron chi connectivity index (χ2n) is 2.65. The molecular formula is C10H11BrO2S. The summed E-state index contributed by atoms with van der Waals surface area (Å²) in [5.74, 6) is 1.52. The predicted octanol–water partition coefficient (Wildman–Crippen LogP) is 3.11. The van der Waals surface area contributed by atoms with Gasteiger partial charge in [0.15, 0.2) is 5.12 Å². The number of rotatable bonds is 4. The molecular weight excluding hydrogens is 264 g/mol. The summed E-state index contributed by atoms with van der Waals surface area (Å²) in [6.45, 7) is 2.12. The maximum Gasteiger partial charge on any atom is 0.185 e. The summed E-state index contributed by atoms with van der Waals surface area (Å²) in [6.07, 6.45) is 0. The topological polar surface area (TPSA) is 26.3 Å². The lowest BCUT2D eigenvalue weighted by atomic mass is 10.3. The minimum atomic E-state index is 0.128. The van der Waals surface area contributed by atoms with Gasteiger partial charge in [0.25, 0.3) is 0 Å². The van der Waals surface area contributed by atoms with Gasteiger partial charge in [-0.15, -0.1) is 0 Å². The molecule has 1 aromatic carbocycles. The van der Waals surface area contributed by atoms with Crippen LogP contribution in [0.4, 0.5) is 0 Å². The zero-order valence-corrected chi connectivity index (χ0v) is 10.2. The van der Waals surface area contributed by atoms with Crippen molar-refractivity contribution < 1.29 is 9.53 Å². The van der Waals surface area contributed by atoms with Gasteiger partial charge in [0.2, 0.25) is 0 Å². The first-order valence-electron chi connectivity index (χ1n) is 4.20. The van der Waals surface area contributed by atoms with Crippen LogP contribution < -0.4 is 4.74 Å². The average molecular weight is 275 g/mol. The quantitative estimate of drug-likeness (QED) is 0.790. The Hall–Kier alpha value is -0.480. The third-order valence-electron chi connectivity index (χ3n) is 1.45. The molecule has 0 heterocycles. The summed E-state index contributed by atoms with van der Waals surface area (Å²) < 4.78 is 6.43. The normalized spacial score (nSPS) is 9.86. The van der Waals surface area contributed by atoms with E-state index in [0.717, 1.165) is 10.2 Å². The van der Waals surface area contributed by atoms with Gasteiger partial charge in [-0.1, -0.05) is 33.8 Å². The van der Waals surface area contributed by atoms with Crippen LogP contribution in [0.15, 0.2) is 28.7 Å². The standard InChI is InChI=1S/C10H11BrO2S/c1-8(12)14-6-5-13-10-4-2-3-9(11)7-10/h2-4,7H,5-6H2,1H3. The highest BCUT2D eigenvalue weighted by atomic mass is 79.9. The number of halogens is 1. The van der Waals surface area contributed by atoms with Gasteiger partial charge in [-0.05, 0) is 18.2 Å². The molecule has 1 aromatic rings. The fourth-order valence-electron chi connectivity index (χ4n) is 0.902. The number of hydrogen-bond acceptors (Lipinski definition) is 3. The highest BCUT2D eigenvalue weighted by Gasteiger charge is 1.96. The molecule has 0 aliphatic rings. The lowest BCUT2D eigenvalue weighted by Gasteiger charge is -2.04. The Kier molecular flexibility index (Phi) is 5.04. The van der Waals surface area contributed by atoms with Crippen molar-refractivity contribution in [1.82, 2.24) is 0 Å². The Morgan fingerprint density at radius 1 is 1.57 bits per heavy atom. The van der Waals surface area contributed by atoms with Crippen LogP contribution in [0.25, 0.3) is 0 Å². The maximum absolute atomic E-state index is 10.6. The summed E-state index contributed by atoms with van der Waals surface area (Å²) in [5, 5.41) is 0.128. The molecule has 0 N–H and O–H groups in total. The van der Waals surface area contributed by atoms with Crippen LogP contribution in [0.2, 0.25) is 0 Å². The number of thioether (sulfide) groups is 1. The van der Waals surface area contributed by atoms with Crippen molar-refractivity contribution in [1.29, 1.82) is 0 Å². The minimum absolute atomic E-state index is 0.128. The van der Waals surface area contributed by atoms with E-state index >= 15 is 0 Å². The lowest BCUT2D eigenvalue weighted by Crippen LogP contribution is -2.01. The van der Waals surface area contributed by atoms with Crippen LogP contribution in [0.5, 0.6) is 5.75 Å². The lowest BCUT2D eigenvalue weighted by molar-refractivity contribution is -0.109. The minimum Gasteiger partial charge on any atom is -0.493 e. The first-order valence-corrected chi connectivity index (χ1v) is 5.98. The number of carbonyl (C=O) groups excluding carboxylic acids is 1. The Bertz CT molecular complexity index is 315. The van der Waals surface area contributed by atoms with Crippen molar-refractivity contribution in [3.05, 3.63) is 28.7 Å². The highest BCUT2D eigenvalue weighted by Crippen LogP contribution is 2.17. The van der Waals surface area contributed by atoms with Gasteiger partial charge in [-0.2, -0.15) is 0 Å². The molecule has 0 aliphatic heterocycles.